The molecule has 0 saturated heterocycles. The van der Waals surface area contributed by atoms with Crippen LogP contribution in [-0.4, -0.2) is 12.1 Å². The molecule has 1 aliphatic carbocycles. The molecule has 2 atom stereocenters. The molecule has 1 aromatic carbocycles. The summed E-state index contributed by atoms with van der Waals surface area (Å²) in [6.07, 6.45) is 4.14. The number of hydrogen-bond donors (Lipinski definition) is 1. The standard InChI is InChI=1S/C14H17Cl2NO2/c1-8-3-2-4-10(5-8)19-14(18)9-6-11(15)13(16)12(17)7-9/h6-8,10H,2-5,17H2,1H3. The molecule has 0 aliphatic heterocycles. The van der Waals surface area contributed by atoms with E-state index >= 15 is 0 Å². The van der Waals surface area contributed by atoms with E-state index in [0.717, 1.165) is 19.3 Å². The van der Waals surface area contributed by atoms with Crippen molar-refractivity contribution in [1.82, 2.24) is 0 Å². The third-order valence-corrected chi connectivity index (χ3v) is 4.27. The van der Waals surface area contributed by atoms with Gasteiger partial charge >= 0.3 is 5.97 Å². The second kappa shape index (κ2) is 6.02. The summed E-state index contributed by atoms with van der Waals surface area (Å²) in [7, 11) is 0. The minimum absolute atomic E-state index is 0.00747. The van der Waals surface area contributed by atoms with E-state index in [0.29, 0.717) is 11.5 Å². The zero-order chi connectivity index (χ0) is 14.0. The van der Waals surface area contributed by atoms with Crippen molar-refractivity contribution in [2.24, 2.45) is 5.92 Å². The maximum Gasteiger partial charge on any atom is 0.338 e. The van der Waals surface area contributed by atoms with Crippen LogP contribution in [0.2, 0.25) is 10.0 Å². The lowest BCUT2D eigenvalue weighted by Crippen LogP contribution is -2.24. The van der Waals surface area contributed by atoms with Crippen molar-refractivity contribution < 1.29 is 9.53 Å². The van der Waals surface area contributed by atoms with Crippen LogP contribution in [0.25, 0.3) is 0 Å². The van der Waals surface area contributed by atoms with Gasteiger partial charge in [0.25, 0.3) is 0 Å². The molecule has 0 amide bonds. The van der Waals surface area contributed by atoms with Crippen LogP contribution in [0, 0.1) is 5.92 Å². The van der Waals surface area contributed by atoms with Gasteiger partial charge in [-0.15, -0.1) is 0 Å². The molecule has 1 fully saturated rings. The second-order valence-corrected chi connectivity index (χ2v) is 5.95. The van der Waals surface area contributed by atoms with E-state index in [1.165, 1.54) is 18.6 Å². The molecule has 5 heteroatoms. The highest BCUT2D eigenvalue weighted by Crippen LogP contribution is 2.31. The van der Waals surface area contributed by atoms with Gasteiger partial charge in [-0.3, -0.25) is 0 Å². The number of hydrogen-bond acceptors (Lipinski definition) is 3. The number of rotatable bonds is 2. The first kappa shape index (κ1) is 14.5. The van der Waals surface area contributed by atoms with Gasteiger partial charge in [-0.2, -0.15) is 0 Å². The molecule has 0 aromatic heterocycles. The number of ether oxygens (including phenoxy) is 1. The van der Waals surface area contributed by atoms with E-state index < -0.39 is 0 Å². The van der Waals surface area contributed by atoms with Crippen LogP contribution in [0.1, 0.15) is 43.0 Å². The van der Waals surface area contributed by atoms with Gasteiger partial charge in [0.1, 0.15) is 6.10 Å². The summed E-state index contributed by atoms with van der Waals surface area (Å²) in [6, 6.07) is 3.00. The quantitative estimate of drug-likeness (QED) is 0.654. The van der Waals surface area contributed by atoms with Gasteiger partial charge in [0.15, 0.2) is 0 Å². The fourth-order valence-corrected chi connectivity index (χ4v) is 2.77. The Morgan fingerprint density at radius 3 is 2.74 bits per heavy atom. The summed E-state index contributed by atoms with van der Waals surface area (Å²) in [4.78, 5) is 12.1. The molecule has 2 unspecified atom stereocenters. The highest BCUT2D eigenvalue weighted by atomic mass is 35.5. The van der Waals surface area contributed by atoms with Crippen molar-refractivity contribution >= 4 is 34.9 Å². The fourth-order valence-electron chi connectivity index (χ4n) is 2.43. The van der Waals surface area contributed by atoms with Crippen LogP contribution in [0.5, 0.6) is 0 Å². The molecule has 3 nitrogen and oxygen atoms in total. The Bertz CT molecular complexity index is 467. The number of esters is 1. The smallest absolute Gasteiger partial charge is 0.338 e. The Hall–Kier alpha value is -0.930. The predicted octanol–water partition coefficient (Wildman–Crippen LogP) is 4.31. The topological polar surface area (TPSA) is 52.3 Å². The summed E-state index contributed by atoms with van der Waals surface area (Å²) in [5, 5.41) is 0.537. The molecule has 0 radical (unpaired) electrons. The third-order valence-electron chi connectivity index (χ3n) is 3.45. The molecular weight excluding hydrogens is 285 g/mol. The minimum atomic E-state index is -0.385. The monoisotopic (exact) mass is 301 g/mol. The summed E-state index contributed by atoms with van der Waals surface area (Å²) in [6.45, 7) is 2.18. The van der Waals surface area contributed by atoms with Crippen molar-refractivity contribution in [1.29, 1.82) is 0 Å². The number of carbonyl (C=O) groups excluding carboxylic acids is 1. The summed E-state index contributed by atoms with van der Waals surface area (Å²) in [5.41, 5.74) is 6.33. The molecule has 0 heterocycles. The highest BCUT2D eigenvalue weighted by Gasteiger charge is 2.23. The van der Waals surface area contributed by atoms with Gasteiger partial charge < -0.3 is 10.5 Å². The fraction of sp³-hybridized carbons (Fsp3) is 0.500. The summed E-state index contributed by atoms with van der Waals surface area (Å²) >= 11 is 11.8. The lowest BCUT2D eigenvalue weighted by atomic mass is 9.89. The van der Waals surface area contributed by atoms with Gasteiger partial charge in [-0.05, 0) is 37.3 Å². The minimum Gasteiger partial charge on any atom is -0.459 e. The molecule has 1 aromatic rings. The molecule has 19 heavy (non-hydrogen) atoms. The van der Waals surface area contributed by atoms with Crippen LogP contribution < -0.4 is 5.73 Å². The molecule has 0 spiro atoms. The van der Waals surface area contributed by atoms with Gasteiger partial charge in [-0.25, -0.2) is 4.79 Å². The average Bonchev–Trinajstić information content (AvgIpc) is 2.35. The number of carbonyl (C=O) groups is 1. The summed E-state index contributed by atoms with van der Waals surface area (Å²) in [5.74, 6) is 0.217. The van der Waals surface area contributed by atoms with E-state index in [4.69, 9.17) is 33.7 Å². The first-order valence-corrected chi connectivity index (χ1v) is 7.18. The van der Waals surface area contributed by atoms with Crippen molar-refractivity contribution in [3.63, 3.8) is 0 Å². The lowest BCUT2D eigenvalue weighted by molar-refractivity contribution is 0.0155. The normalized spacial score (nSPS) is 23.1. The maximum absolute atomic E-state index is 12.1. The number of benzene rings is 1. The third kappa shape index (κ3) is 3.54. The van der Waals surface area contributed by atoms with Crippen LogP contribution in [0.4, 0.5) is 5.69 Å². The summed E-state index contributed by atoms with van der Waals surface area (Å²) < 4.78 is 5.50. The van der Waals surface area contributed by atoms with Crippen LogP contribution in [0.3, 0.4) is 0 Å². The van der Waals surface area contributed by atoms with E-state index in [1.54, 1.807) is 0 Å². The van der Waals surface area contributed by atoms with Crippen molar-refractivity contribution in [2.75, 3.05) is 5.73 Å². The van der Waals surface area contributed by atoms with Crippen molar-refractivity contribution in [3.05, 3.63) is 27.7 Å². The number of nitrogen functional groups attached to an aromatic ring is 1. The Morgan fingerprint density at radius 2 is 2.11 bits per heavy atom. The maximum atomic E-state index is 12.1. The van der Waals surface area contributed by atoms with E-state index in [1.807, 2.05) is 0 Å². The SMILES string of the molecule is CC1CCCC(OC(=O)c2cc(N)c(Cl)c(Cl)c2)C1. The Morgan fingerprint density at radius 1 is 1.37 bits per heavy atom. The molecule has 104 valence electrons. The second-order valence-electron chi connectivity index (χ2n) is 5.16. The first-order valence-electron chi connectivity index (χ1n) is 6.43. The average molecular weight is 302 g/mol. The van der Waals surface area contributed by atoms with Gasteiger partial charge in [0.05, 0.1) is 21.3 Å². The Kier molecular flexibility index (Phi) is 4.58. The molecule has 1 saturated carbocycles. The number of nitrogens with two attached hydrogens (primary N) is 1. The van der Waals surface area contributed by atoms with Crippen molar-refractivity contribution in [2.45, 2.75) is 38.7 Å². The van der Waals surface area contributed by atoms with Crippen LogP contribution in [0.15, 0.2) is 12.1 Å². The van der Waals surface area contributed by atoms with Crippen LogP contribution >= 0.6 is 23.2 Å². The highest BCUT2D eigenvalue weighted by molar-refractivity contribution is 6.43. The molecular formula is C14H17Cl2NO2. The van der Waals surface area contributed by atoms with Gasteiger partial charge in [0.2, 0.25) is 0 Å². The van der Waals surface area contributed by atoms with Gasteiger partial charge in [-0.1, -0.05) is 36.5 Å². The lowest BCUT2D eigenvalue weighted by Gasteiger charge is -2.26. The number of halogens is 2. The molecule has 2 N–H and O–H groups in total. The van der Waals surface area contributed by atoms with E-state index in [2.05, 4.69) is 6.92 Å². The molecule has 0 bridgehead atoms. The van der Waals surface area contributed by atoms with Crippen LogP contribution in [-0.2, 0) is 4.74 Å². The zero-order valence-electron chi connectivity index (χ0n) is 10.8. The molecule has 1 aliphatic rings. The zero-order valence-corrected chi connectivity index (χ0v) is 12.3. The van der Waals surface area contributed by atoms with Crippen molar-refractivity contribution in [3.8, 4) is 0 Å². The first-order chi connectivity index (χ1) is 8.97. The Labute approximate surface area is 123 Å². The Balaban J connectivity index is 2.07. The largest absolute Gasteiger partial charge is 0.459 e. The predicted molar refractivity (Wildman–Crippen MR) is 77.7 cm³/mol. The molecule has 2 rings (SSSR count). The number of anilines is 1. The van der Waals surface area contributed by atoms with E-state index in [9.17, 15) is 4.79 Å². The van der Waals surface area contributed by atoms with E-state index in [-0.39, 0.29) is 27.8 Å². The van der Waals surface area contributed by atoms with Gasteiger partial charge in [0, 0.05) is 0 Å².